The minimum absolute atomic E-state index is 0.0386. The summed E-state index contributed by atoms with van der Waals surface area (Å²) in [4.78, 5) is 31.9. The van der Waals surface area contributed by atoms with Crippen LogP contribution < -0.4 is 4.74 Å². The molecule has 1 unspecified atom stereocenters. The van der Waals surface area contributed by atoms with Crippen molar-refractivity contribution in [3.63, 3.8) is 0 Å². The maximum absolute atomic E-state index is 13.7. The van der Waals surface area contributed by atoms with E-state index in [4.69, 9.17) is 26.1 Å². The molecule has 1 fully saturated rings. The molecule has 1 saturated carbocycles. The van der Waals surface area contributed by atoms with Crippen molar-refractivity contribution in [1.82, 2.24) is 0 Å². The van der Waals surface area contributed by atoms with Gasteiger partial charge in [-0.05, 0) is 74.4 Å². The molecule has 190 valence electrons. The number of ketones is 1. The van der Waals surface area contributed by atoms with Gasteiger partial charge in [-0.15, -0.1) is 0 Å². The fourth-order valence-electron chi connectivity index (χ4n) is 5.09. The van der Waals surface area contributed by atoms with Crippen molar-refractivity contribution in [2.45, 2.75) is 71.3 Å². The van der Waals surface area contributed by atoms with Crippen LogP contribution in [-0.4, -0.2) is 30.2 Å². The Balaban J connectivity index is 1.73. The van der Waals surface area contributed by atoms with Crippen LogP contribution in [0.1, 0.15) is 76.3 Å². The molecule has 2 aliphatic rings. The smallest absolute Gasteiger partial charge is 0.336 e. The van der Waals surface area contributed by atoms with Gasteiger partial charge < -0.3 is 9.47 Å². The van der Waals surface area contributed by atoms with Crippen LogP contribution in [-0.2, 0) is 14.3 Å². The van der Waals surface area contributed by atoms with E-state index in [1.165, 1.54) is 0 Å². The Morgan fingerprint density at radius 3 is 2.33 bits per heavy atom. The van der Waals surface area contributed by atoms with Crippen LogP contribution in [0.5, 0.6) is 5.75 Å². The highest BCUT2D eigenvalue weighted by Crippen LogP contribution is 2.46. The summed E-state index contributed by atoms with van der Waals surface area (Å²) in [5.74, 6) is -0.414. The number of rotatable bonds is 8. The summed E-state index contributed by atoms with van der Waals surface area (Å²) < 4.78 is 11.5. The van der Waals surface area contributed by atoms with Gasteiger partial charge in [-0.25, -0.2) is 4.79 Å². The van der Waals surface area contributed by atoms with Crippen molar-refractivity contribution >= 4 is 29.1 Å². The number of benzene rings is 2. The normalized spacial score (nSPS) is 22.5. The van der Waals surface area contributed by atoms with Gasteiger partial charge in [0.2, 0.25) is 0 Å². The van der Waals surface area contributed by atoms with E-state index in [1.807, 2.05) is 69.3 Å². The third-order valence-corrected chi connectivity index (χ3v) is 7.36. The number of carbonyl (C=O) groups is 2. The minimum atomic E-state index is -0.487. The molecular weight excluding hydrogens is 474 g/mol. The summed E-state index contributed by atoms with van der Waals surface area (Å²) in [7, 11) is 0. The van der Waals surface area contributed by atoms with Gasteiger partial charge in [0.15, 0.2) is 0 Å². The van der Waals surface area contributed by atoms with E-state index in [2.05, 4.69) is 6.92 Å². The Hall–Kier alpha value is -2.92. The van der Waals surface area contributed by atoms with E-state index in [0.717, 1.165) is 29.0 Å². The number of hydrogen-bond donors (Lipinski definition) is 0. The number of allylic oxidation sites excluding steroid dienone is 1. The first kappa shape index (κ1) is 26.2. The molecule has 1 aliphatic heterocycles. The Kier molecular flexibility index (Phi) is 8.30. The van der Waals surface area contributed by atoms with E-state index >= 15 is 0 Å². The number of hydrogen-bond acceptors (Lipinski definition) is 5. The molecule has 0 N–H and O–H groups in total. The molecule has 2 aromatic carbocycles. The summed E-state index contributed by atoms with van der Waals surface area (Å²) in [6.07, 6.45) is 2.48. The molecule has 0 amide bonds. The van der Waals surface area contributed by atoms with E-state index in [0.29, 0.717) is 42.2 Å². The predicted octanol–water partition coefficient (Wildman–Crippen LogP) is 7.05. The molecule has 0 bridgehead atoms. The molecule has 2 aromatic rings. The van der Waals surface area contributed by atoms with Gasteiger partial charge in [0.1, 0.15) is 11.5 Å². The zero-order chi connectivity index (χ0) is 25.8. The largest absolute Gasteiger partial charge is 0.494 e. The third kappa shape index (κ3) is 5.57. The van der Waals surface area contributed by atoms with E-state index in [1.54, 1.807) is 0 Å². The molecule has 0 spiro atoms. The summed E-state index contributed by atoms with van der Waals surface area (Å²) in [6, 6.07) is 15.4. The number of nitrogens with zero attached hydrogens (tertiary/aromatic N) is 1. The van der Waals surface area contributed by atoms with E-state index in [-0.39, 0.29) is 17.8 Å². The Bertz CT molecular complexity index is 1170. The zero-order valence-corrected chi connectivity index (χ0v) is 22.2. The molecular formula is C30H34ClNO4. The zero-order valence-electron chi connectivity index (χ0n) is 21.4. The summed E-state index contributed by atoms with van der Waals surface area (Å²) in [5, 5.41) is 0.670. The number of halogens is 1. The molecule has 5 nitrogen and oxygen atoms in total. The second kappa shape index (κ2) is 11.4. The van der Waals surface area contributed by atoms with Crippen molar-refractivity contribution in [2.24, 2.45) is 10.9 Å². The molecule has 4 rings (SSSR count). The second-order valence-electron chi connectivity index (χ2n) is 9.72. The molecule has 0 saturated heterocycles. The highest BCUT2D eigenvalue weighted by atomic mass is 35.5. The number of fused-ring (bicyclic) bond motifs is 1. The lowest BCUT2D eigenvalue weighted by atomic mass is 9.66. The fourth-order valence-corrected chi connectivity index (χ4v) is 5.22. The summed E-state index contributed by atoms with van der Waals surface area (Å²) in [6.45, 7) is 8.40. The molecule has 36 heavy (non-hydrogen) atoms. The Labute approximate surface area is 218 Å². The van der Waals surface area contributed by atoms with Gasteiger partial charge in [-0.2, -0.15) is 0 Å². The maximum atomic E-state index is 13.7. The van der Waals surface area contributed by atoms with Gasteiger partial charge in [-0.1, -0.05) is 49.7 Å². The standard InChI is InChI=1S/C30H34ClNO4/c1-5-15-35-24-13-9-21(10-14-24)28-27(30(34)36-18(3)6-2)19(4)32-25-16-22(17-26(33)29(25)28)20-7-11-23(31)12-8-20/h7-14,18,22,28-29H,5-6,15-17H2,1-4H3/t18-,22+,28-,29?/m0/s1. The molecule has 0 aromatic heterocycles. The van der Waals surface area contributed by atoms with Gasteiger partial charge in [0.25, 0.3) is 0 Å². The topological polar surface area (TPSA) is 65.0 Å². The van der Waals surface area contributed by atoms with Gasteiger partial charge in [-0.3, -0.25) is 9.79 Å². The Morgan fingerprint density at radius 1 is 1.03 bits per heavy atom. The summed E-state index contributed by atoms with van der Waals surface area (Å²) >= 11 is 6.08. The predicted molar refractivity (Wildman–Crippen MR) is 143 cm³/mol. The first-order valence-electron chi connectivity index (χ1n) is 12.8. The van der Waals surface area contributed by atoms with Crippen LogP contribution in [0.4, 0.5) is 0 Å². The van der Waals surface area contributed by atoms with Crippen molar-refractivity contribution in [3.8, 4) is 5.75 Å². The van der Waals surface area contributed by atoms with Crippen molar-refractivity contribution in [1.29, 1.82) is 0 Å². The quantitative estimate of drug-likeness (QED) is 0.359. The van der Waals surface area contributed by atoms with Gasteiger partial charge in [0.05, 0.1) is 24.2 Å². The van der Waals surface area contributed by atoms with Gasteiger partial charge >= 0.3 is 5.97 Å². The van der Waals surface area contributed by atoms with Crippen LogP contribution >= 0.6 is 11.6 Å². The minimum Gasteiger partial charge on any atom is -0.494 e. The summed E-state index contributed by atoms with van der Waals surface area (Å²) in [5.41, 5.74) is 3.90. The number of esters is 1. The Morgan fingerprint density at radius 2 is 1.69 bits per heavy atom. The lowest BCUT2D eigenvalue weighted by Gasteiger charge is -2.38. The maximum Gasteiger partial charge on any atom is 0.336 e. The van der Waals surface area contributed by atoms with Crippen LogP contribution in [0.25, 0.3) is 0 Å². The van der Waals surface area contributed by atoms with Crippen molar-refractivity contribution < 1.29 is 19.1 Å². The number of ether oxygens (including phenoxy) is 2. The average Bonchev–Trinajstić information content (AvgIpc) is 2.87. The van der Waals surface area contributed by atoms with Crippen LogP contribution in [0.15, 0.2) is 64.8 Å². The number of carbonyl (C=O) groups excluding carboxylic acids is 2. The lowest BCUT2D eigenvalue weighted by molar-refractivity contribution is -0.144. The highest BCUT2D eigenvalue weighted by Gasteiger charge is 2.46. The van der Waals surface area contributed by atoms with Crippen molar-refractivity contribution in [2.75, 3.05) is 6.61 Å². The molecule has 1 aliphatic carbocycles. The molecule has 6 heteroatoms. The van der Waals surface area contributed by atoms with Crippen LogP contribution in [0.2, 0.25) is 5.02 Å². The van der Waals surface area contributed by atoms with Crippen molar-refractivity contribution in [3.05, 3.63) is 76.0 Å². The number of Topliss-reactive ketones (excluding diaryl/α,β-unsaturated/α-hetero) is 1. The third-order valence-electron chi connectivity index (χ3n) is 7.11. The molecule has 1 heterocycles. The first-order chi connectivity index (χ1) is 17.3. The lowest BCUT2D eigenvalue weighted by Crippen LogP contribution is -2.41. The van der Waals surface area contributed by atoms with E-state index < -0.39 is 17.8 Å². The number of aliphatic imine (C=N–C) groups is 1. The fraction of sp³-hybridized carbons (Fsp3) is 0.433. The second-order valence-corrected chi connectivity index (χ2v) is 10.2. The highest BCUT2D eigenvalue weighted by molar-refractivity contribution is 6.30. The van der Waals surface area contributed by atoms with Gasteiger partial charge in [0, 0.05) is 28.8 Å². The molecule has 0 radical (unpaired) electrons. The van der Waals surface area contributed by atoms with E-state index in [9.17, 15) is 9.59 Å². The van der Waals surface area contributed by atoms with Crippen LogP contribution in [0.3, 0.4) is 0 Å². The first-order valence-corrected chi connectivity index (χ1v) is 13.2. The molecule has 4 atom stereocenters. The monoisotopic (exact) mass is 507 g/mol. The SMILES string of the molecule is CCCOc1ccc([C@H]2C(C(=O)O[C@@H](C)CC)=C(C)N=C3C[C@@H](c4ccc(Cl)cc4)CC(=O)C32)cc1. The average molecular weight is 508 g/mol. The van der Waals surface area contributed by atoms with Crippen LogP contribution in [0, 0.1) is 5.92 Å².